The van der Waals surface area contributed by atoms with Crippen LogP contribution in [0.15, 0.2) is 29.2 Å². The molecule has 0 radical (unpaired) electrons. The fraction of sp³-hybridized carbons (Fsp3) is 0.353. The van der Waals surface area contributed by atoms with Gasteiger partial charge in [0.05, 0.1) is 9.90 Å². The van der Waals surface area contributed by atoms with Crippen LogP contribution >= 0.6 is 22.9 Å². The molecule has 26 heavy (non-hydrogen) atoms. The van der Waals surface area contributed by atoms with Crippen molar-refractivity contribution in [1.82, 2.24) is 10.3 Å². The summed E-state index contributed by atoms with van der Waals surface area (Å²) in [5.74, 6) is -1.62. The highest BCUT2D eigenvalue weighted by Gasteiger charge is 2.22. The molecule has 1 aliphatic rings. The number of hydrazine groups is 1. The molecule has 0 saturated heterocycles. The number of hydrogen-bond donors (Lipinski definition) is 2. The number of benzene rings is 1. The summed E-state index contributed by atoms with van der Waals surface area (Å²) in [5.41, 5.74) is 3.30. The summed E-state index contributed by atoms with van der Waals surface area (Å²) in [7, 11) is -4.27. The van der Waals surface area contributed by atoms with E-state index in [1.165, 1.54) is 41.2 Å². The van der Waals surface area contributed by atoms with Crippen molar-refractivity contribution in [2.24, 2.45) is 0 Å². The quantitative estimate of drug-likeness (QED) is 0.744. The molecule has 2 aromatic rings. The van der Waals surface area contributed by atoms with Gasteiger partial charge >= 0.3 is 0 Å². The summed E-state index contributed by atoms with van der Waals surface area (Å²) in [6, 6.07) is 5.46. The Morgan fingerprint density at radius 2 is 1.88 bits per heavy atom. The van der Waals surface area contributed by atoms with Crippen molar-refractivity contribution in [3.05, 3.63) is 50.4 Å². The highest BCUT2D eigenvalue weighted by molar-refractivity contribution is 7.89. The number of sulfonamides is 1. The molecule has 1 heterocycles. The first kappa shape index (κ1) is 19.3. The van der Waals surface area contributed by atoms with E-state index in [4.69, 9.17) is 11.6 Å². The van der Waals surface area contributed by atoms with E-state index < -0.39 is 26.6 Å². The molecule has 140 valence electrons. The minimum Gasteiger partial charge on any atom is -0.273 e. The first-order chi connectivity index (χ1) is 12.4. The van der Waals surface area contributed by atoms with E-state index in [2.05, 4.69) is 5.43 Å². The molecule has 1 aromatic heterocycles. The Hall–Kier alpha value is -1.48. The van der Waals surface area contributed by atoms with Gasteiger partial charge in [-0.25, -0.2) is 12.8 Å². The molecule has 0 saturated carbocycles. The Morgan fingerprint density at radius 3 is 2.65 bits per heavy atom. The van der Waals surface area contributed by atoms with Crippen LogP contribution in [0.4, 0.5) is 4.39 Å². The van der Waals surface area contributed by atoms with E-state index in [9.17, 15) is 17.6 Å². The third-order valence-corrected chi connectivity index (χ3v) is 7.02. The maximum absolute atomic E-state index is 13.9. The van der Waals surface area contributed by atoms with Crippen molar-refractivity contribution in [1.29, 1.82) is 0 Å². The van der Waals surface area contributed by atoms with E-state index >= 15 is 0 Å². The standard InChI is InChI=1S/C17H18ClFN2O3S2/c18-12-7-5-9-15(16(12)19)26(23,24)21-20-17(22)14-10-11-6-3-1-2-4-8-13(11)25-14/h5,7,9-10,21H,1-4,6,8H2,(H,20,22). The zero-order valence-electron chi connectivity index (χ0n) is 13.8. The zero-order valence-corrected chi connectivity index (χ0v) is 16.2. The van der Waals surface area contributed by atoms with Crippen LogP contribution in [0.3, 0.4) is 0 Å². The molecule has 0 spiro atoms. The van der Waals surface area contributed by atoms with Crippen LogP contribution in [0.1, 0.15) is 45.8 Å². The van der Waals surface area contributed by atoms with Gasteiger partial charge in [-0.15, -0.1) is 16.2 Å². The van der Waals surface area contributed by atoms with Crippen LogP contribution in [0, 0.1) is 5.82 Å². The zero-order chi connectivity index (χ0) is 18.7. The van der Waals surface area contributed by atoms with E-state index in [-0.39, 0.29) is 5.02 Å². The van der Waals surface area contributed by atoms with Crippen molar-refractivity contribution < 1.29 is 17.6 Å². The van der Waals surface area contributed by atoms with Crippen LogP contribution in [0.2, 0.25) is 5.02 Å². The van der Waals surface area contributed by atoms with Gasteiger partial charge in [-0.3, -0.25) is 10.2 Å². The lowest BCUT2D eigenvalue weighted by molar-refractivity contribution is 0.0949. The largest absolute Gasteiger partial charge is 0.276 e. The van der Waals surface area contributed by atoms with Gasteiger partial charge in [-0.2, -0.15) is 0 Å². The highest BCUT2D eigenvalue weighted by atomic mass is 35.5. The van der Waals surface area contributed by atoms with Crippen LogP contribution in [-0.2, 0) is 22.9 Å². The van der Waals surface area contributed by atoms with E-state index in [1.54, 1.807) is 0 Å². The van der Waals surface area contributed by atoms with Crippen molar-refractivity contribution in [2.45, 2.75) is 43.4 Å². The monoisotopic (exact) mass is 416 g/mol. The fourth-order valence-corrected chi connectivity index (χ4v) is 5.20. The van der Waals surface area contributed by atoms with Crippen molar-refractivity contribution >= 4 is 38.9 Å². The number of hydrogen-bond acceptors (Lipinski definition) is 4. The Labute approximate surface area is 160 Å². The number of thiophene rings is 1. The maximum Gasteiger partial charge on any atom is 0.276 e. The van der Waals surface area contributed by atoms with E-state index in [0.717, 1.165) is 37.3 Å². The first-order valence-corrected chi connectivity index (χ1v) is 10.9. The third-order valence-electron chi connectivity index (χ3n) is 4.22. The molecule has 5 nitrogen and oxygen atoms in total. The Balaban J connectivity index is 1.72. The minimum absolute atomic E-state index is 0.308. The van der Waals surface area contributed by atoms with Crippen LogP contribution < -0.4 is 10.3 Å². The van der Waals surface area contributed by atoms with Gasteiger partial charge in [0.15, 0.2) is 5.82 Å². The van der Waals surface area contributed by atoms with Crippen molar-refractivity contribution in [3.8, 4) is 0 Å². The lowest BCUT2D eigenvalue weighted by Crippen LogP contribution is -2.41. The lowest BCUT2D eigenvalue weighted by Gasteiger charge is -2.09. The molecule has 2 N–H and O–H groups in total. The Morgan fingerprint density at radius 1 is 1.15 bits per heavy atom. The van der Waals surface area contributed by atoms with Gasteiger partial charge < -0.3 is 0 Å². The average molecular weight is 417 g/mol. The van der Waals surface area contributed by atoms with Gasteiger partial charge in [0.2, 0.25) is 0 Å². The van der Waals surface area contributed by atoms with Crippen LogP contribution in [0.5, 0.6) is 0 Å². The van der Waals surface area contributed by atoms with Crippen LogP contribution in [0.25, 0.3) is 0 Å². The molecule has 1 amide bonds. The second kappa shape index (κ2) is 8.04. The van der Waals surface area contributed by atoms with Gasteiger partial charge in [0, 0.05) is 4.88 Å². The van der Waals surface area contributed by atoms with Gasteiger partial charge in [-0.05, 0) is 49.4 Å². The third kappa shape index (κ3) is 4.25. The number of rotatable bonds is 4. The van der Waals surface area contributed by atoms with Gasteiger partial charge in [0.1, 0.15) is 4.90 Å². The Kier molecular flexibility index (Phi) is 5.96. The topological polar surface area (TPSA) is 75.3 Å². The molecular weight excluding hydrogens is 399 g/mol. The summed E-state index contributed by atoms with van der Waals surface area (Å²) in [5, 5.41) is -0.308. The molecule has 0 fully saturated rings. The first-order valence-electron chi connectivity index (χ1n) is 8.26. The fourth-order valence-electron chi connectivity index (χ4n) is 2.88. The predicted molar refractivity (Wildman–Crippen MR) is 99.4 cm³/mol. The molecule has 1 aliphatic carbocycles. The predicted octanol–water partition coefficient (Wildman–Crippen LogP) is 3.82. The molecular formula is C17H18ClFN2O3S2. The van der Waals surface area contributed by atoms with Gasteiger partial charge in [-0.1, -0.05) is 30.5 Å². The number of carbonyl (C=O) groups excluding carboxylic acids is 1. The number of amides is 1. The van der Waals surface area contributed by atoms with E-state index in [1.807, 2.05) is 10.9 Å². The SMILES string of the molecule is O=C(NNS(=O)(=O)c1cccc(Cl)c1F)c1cc2c(s1)CCCCCC2. The smallest absolute Gasteiger partial charge is 0.273 e. The number of carbonyl (C=O) groups is 1. The lowest BCUT2D eigenvalue weighted by atomic mass is 10.00. The highest BCUT2D eigenvalue weighted by Crippen LogP contribution is 2.28. The minimum atomic E-state index is -4.27. The molecule has 0 bridgehead atoms. The summed E-state index contributed by atoms with van der Waals surface area (Å²) >= 11 is 6.99. The Bertz CT molecular complexity index is 903. The normalized spacial score (nSPS) is 15.0. The molecule has 9 heteroatoms. The molecule has 3 rings (SSSR count). The molecule has 0 aliphatic heterocycles. The average Bonchev–Trinajstić information content (AvgIpc) is 2.97. The second-order valence-electron chi connectivity index (χ2n) is 6.08. The molecule has 0 atom stereocenters. The number of fused-ring (bicyclic) bond motifs is 1. The maximum atomic E-state index is 13.9. The summed E-state index contributed by atoms with van der Waals surface area (Å²) in [6.07, 6.45) is 6.41. The molecule has 1 aromatic carbocycles. The van der Waals surface area contributed by atoms with Crippen LogP contribution in [-0.4, -0.2) is 14.3 Å². The summed E-state index contributed by atoms with van der Waals surface area (Å²) in [6.45, 7) is 0. The van der Waals surface area contributed by atoms with Crippen molar-refractivity contribution in [3.63, 3.8) is 0 Å². The summed E-state index contributed by atoms with van der Waals surface area (Å²) in [4.78, 5) is 15.2. The van der Waals surface area contributed by atoms with E-state index in [0.29, 0.717) is 4.88 Å². The number of aryl methyl sites for hydroxylation is 2. The molecule has 0 unspecified atom stereocenters. The number of halogens is 2. The number of nitrogens with one attached hydrogen (secondary N) is 2. The van der Waals surface area contributed by atoms with Gasteiger partial charge in [0.25, 0.3) is 15.9 Å². The summed E-state index contributed by atoms with van der Waals surface area (Å²) < 4.78 is 38.3. The second-order valence-corrected chi connectivity index (χ2v) is 9.28. The van der Waals surface area contributed by atoms with Crippen molar-refractivity contribution in [2.75, 3.05) is 0 Å².